The number of hydrogen-bond donors (Lipinski definition) is 0. The maximum Gasteiger partial charge on any atom is 0.226 e. The van der Waals surface area contributed by atoms with Gasteiger partial charge in [0.25, 0.3) is 0 Å². The van der Waals surface area contributed by atoms with E-state index in [2.05, 4.69) is 42.5 Å². The van der Waals surface area contributed by atoms with E-state index in [4.69, 9.17) is 4.98 Å². The number of nitrogens with zero attached hydrogens (tertiary/aromatic N) is 4. The Hall–Kier alpha value is -2.69. The van der Waals surface area contributed by atoms with Gasteiger partial charge in [0.15, 0.2) is 5.65 Å². The first kappa shape index (κ1) is 18.7. The minimum atomic E-state index is 0.229. The van der Waals surface area contributed by atoms with Crippen LogP contribution in [0.5, 0.6) is 0 Å². The molecule has 0 spiro atoms. The van der Waals surface area contributed by atoms with Gasteiger partial charge in [-0.25, -0.2) is 9.97 Å². The van der Waals surface area contributed by atoms with Crippen molar-refractivity contribution < 1.29 is 4.79 Å². The van der Waals surface area contributed by atoms with Crippen molar-refractivity contribution in [2.24, 2.45) is 5.92 Å². The van der Waals surface area contributed by atoms with E-state index in [-0.39, 0.29) is 5.91 Å². The molecule has 5 nitrogen and oxygen atoms in total. The van der Waals surface area contributed by atoms with Crippen molar-refractivity contribution in [2.75, 3.05) is 13.1 Å². The Bertz CT molecular complexity index is 991. The van der Waals surface area contributed by atoms with Crippen LogP contribution in [0, 0.1) is 12.8 Å². The van der Waals surface area contributed by atoms with Crippen LogP contribution in [-0.4, -0.2) is 38.4 Å². The topological polar surface area (TPSA) is 51.0 Å². The van der Waals surface area contributed by atoms with Crippen molar-refractivity contribution in [1.29, 1.82) is 0 Å². The maximum atomic E-state index is 12.7. The summed E-state index contributed by atoms with van der Waals surface area (Å²) in [7, 11) is 0. The van der Waals surface area contributed by atoms with E-state index in [0.717, 1.165) is 48.5 Å². The highest BCUT2D eigenvalue weighted by Crippen LogP contribution is 2.25. The van der Waals surface area contributed by atoms with E-state index < -0.39 is 0 Å². The SMILES string of the molecule is Cc1cccc(CC(=O)N2CCC(Cc3nc4cccnc4n3C(C)C)C2)c1. The molecule has 3 aromatic rings. The van der Waals surface area contributed by atoms with Crippen molar-refractivity contribution in [3.8, 4) is 0 Å². The van der Waals surface area contributed by atoms with Crippen molar-refractivity contribution in [2.45, 2.75) is 46.1 Å². The Balaban J connectivity index is 1.44. The van der Waals surface area contributed by atoms with Gasteiger partial charge >= 0.3 is 0 Å². The number of hydrogen-bond acceptors (Lipinski definition) is 3. The summed E-state index contributed by atoms with van der Waals surface area (Å²) in [6.45, 7) is 8.07. The zero-order chi connectivity index (χ0) is 19.7. The first-order valence-corrected chi connectivity index (χ1v) is 10.2. The molecule has 1 amide bonds. The zero-order valence-corrected chi connectivity index (χ0v) is 16.9. The Morgan fingerprint density at radius 2 is 2.11 bits per heavy atom. The molecule has 146 valence electrons. The van der Waals surface area contributed by atoms with Crippen LogP contribution in [0.4, 0.5) is 0 Å². The predicted octanol–water partition coefficient (Wildman–Crippen LogP) is 3.95. The number of likely N-dealkylation sites (tertiary alicyclic amines) is 1. The highest BCUT2D eigenvalue weighted by Gasteiger charge is 2.28. The van der Waals surface area contributed by atoms with Gasteiger partial charge in [0.2, 0.25) is 5.91 Å². The molecule has 0 saturated carbocycles. The van der Waals surface area contributed by atoms with Gasteiger partial charge in [0.1, 0.15) is 11.3 Å². The number of imidazole rings is 1. The fourth-order valence-corrected chi connectivity index (χ4v) is 4.26. The van der Waals surface area contributed by atoms with Crippen LogP contribution in [0.2, 0.25) is 0 Å². The lowest BCUT2D eigenvalue weighted by Gasteiger charge is -2.18. The third kappa shape index (κ3) is 3.79. The van der Waals surface area contributed by atoms with Crippen molar-refractivity contribution in [3.05, 3.63) is 59.5 Å². The molecule has 3 heterocycles. The summed E-state index contributed by atoms with van der Waals surface area (Å²) in [5.74, 6) is 1.77. The number of fused-ring (bicyclic) bond motifs is 1. The van der Waals surface area contributed by atoms with E-state index in [1.54, 1.807) is 0 Å². The number of aromatic nitrogens is 3. The summed E-state index contributed by atoms with van der Waals surface area (Å²) in [4.78, 5) is 24.1. The Morgan fingerprint density at radius 1 is 1.25 bits per heavy atom. The van der Waals surface area contributed by atoms with Gasteiger partial charge in [0, 0.05) is 31.7 Å². The quantitative estimate of drug-likeness (QED) is 0.677. The highest BCUT2D eigenvalue weighted by molar-refractivity contribution is 5.79. The lowest BCUT2D eigenvalue weighted by Crippen LogP contribution is -2.30. The number of benzene rings is 1. The minimum Gasteiger partial charge on any atom is -0.342 e. The minimum absolute atomic E-state index is 0.229. The first-order chi connectivity index (χ1) is 13.5. The van der Waals surface area contributed by atoms with Crippen molar-refractivity contribution >= 4 is 17.1 Å². The number of aryl methyl sites for hydroxylation is 1. The van der Waals surface area contributed by atoms with Crippen LogP contribution in [0.15, 0.2) is 42.6 Å². The average Bonchev–Trinajstić information content (AvgIpc) is 3.26. The van der Waals surface area contributed by atoms with Crippen LogP contribution in [0.25, 0.3) is 11.2 Å². The monoisotopic (exact) mass is 376 g/mol. The Kier molecular flexibility index (Phi) is 5.16. The van der Waals surface area contributed by atoms with E-state index in [1.165, 1.54) is 5.56 Å². The van der Waals surface area contributed by atoms with E-state index in [1.807, 2.05) is 35.4 Å². The lowest BCUT2D eigenvalue weighted by atomic mass is 10.0. The normalized spacial score (nSPS) is 17.0. The second-order valence-corrected chi connectivity index (χ2v) is 8.20. The number of pyridine rings is 1. The third-order valence-corrected chi connectivity index (χ3v) is 5.59. The predicted molar refractivity (Wildman–Crippen MR) is 111 cm³/mol. The van der Waals surface area contributed by atoms with Gasteiger partial charge in [-0.15, -0.1) is 0 Å². The van der Waals surface area contributed by atoms with Crippen molar-refractivity contribution in [3.63, 3.8) is 0 Å². The molecule has 1 aromatic carbocycles. The van der Waals surface area contributed by atoms with Crippen LogP contribution in [-0.2, 0) is 17.6 Å². The third-order valence-electron chi connectivity index (χ3n) is 5.59. The molecule has 1 fully saturated rings. The molecule has 1 saturated heterocycles. The van der Waals surface area contributed by atoms with Gasteiger partial charge in [0.05, 0.1) is 6.42 Å². The molecule has 1 aliphatic rings. The zero-order valence-electron chi connectivity index (χ0n) is 16.9. The molecule has 1 atom stereocenters. The van der Waals surface area contributed by atoms with E-state index in [9.17, 15) is 4.79 Å². The summed E-state index contributed by atoms with van der Waals surface area (Å²) < 4.78 is 2.24. The van der Waals surface area contributed by atoms with Gasteiger partial charge < -0.3 is 9.47 Å². The van der Waals surface area contributed by atoms with Gasteiger partial charge in [-0.05, 0) is 50.8 Å². The average molecular weight is 377 g/mol. The second-order valence-electron chi connectivity index (χ2n) is 8.20. The van der Waals surface area contributed by atoms with Crippen LogP contribution < -0.4 is 0 Å². The van der Waals surface area contributed by atoms with Crippen LogP contribution >= 0.6 is 0 Å². The number of rotatable bonds is 5. The summed E-state index contributed by atoms with van der Waals surface area (Å²) in [5.41, 5.74) is 4.21. The molecule has 0 N–H and O–H groups in total. The molecule has 28 heavy (non-hydrogen) atoms. The summed E-state index contributed by atoms with van der Waals surface area (Å²) in [6, 6.07) is 12.5. The molecular formula is C23H28N4O. The van der Waals surface area contributed by atoms with Gasteiger partial charge in [-0.2, -0.15) is 0 Å². The standard InChI is InChI=1S/C23H28N4O/c1-16(2)27-21(25-20-8-5-10-24-23(20)27)13-19-9-11-26(15-19)22(28)14-18-7-4-6-17(3)12-18/h4-8,10,12,16,19H,9,11,13-15H2,1-3H3. The van der Waals surface area contributed by atoms with Gasteiger partial charge in [-0.1, -0.05) is 29.8 Å². The Labute approximate surface area is 166 Å². The molecule has 1 unspecified atom stereocenters. The second kappa shape index (κ2) is 7.74. The molecule has 0 bridgehead atoms. The molecule has 0 aliphatic carbocycles. The van der Waals surface area contributed by atoms with Crippen LogP contribution in [0.1, 0.15) is 43.3 Å². The lowest BCUT2D eigenvalue weighted by molar-refractivity contribution is -0.129. The summed E-state index contributed by atoms with van der Waals surface area (Å²) >= 11 is 0. The first-order valence-electron chi connectivity index (χ1n) is 10.2. The molecule has 0 radical (unpaired) electrons. The van der Waals surface area contributed by atoms with Gasteiger partial charge in [-0.3, -0.25) is 4.79 Å². The summed E-state index contributed by atoms with van der Waals surface area (Å²) in [5, 5.41) is 0. The maximum absolute atomic E-state index is 12.7. The summed E-state index contributed by atoms with van der Waals surface area (Å²) in [6.07, 6.45) is 4.24. The highest BCUT2D eigenvalue weighted by atomic mass is 16.2. The smallest absolute Gasteiger partial charge is 0.226 e. The number of carbonyl (C=O) groups is 1. The molecular weight excluding hydrogens is 348 g/mol. The van der Waals surface area contributed by atoms with Crippen LogP contribution in [0.3, 0.4) is 0 Å². The van der Waals surface area contributed by atoms with Crippen molar-refractivity contribution in [1.82, 2.24) is 19.4 Å². The fraction of sp³-hybridized carbons (Fsp3) is 0.435. The molecule has 5 heteroatoms. The number of carbonyl (C=O) groups excluding carboxylic acids is 1. The van der Waals surface area contributed by atoms with E-state index >= 15 is 0 Å². The van der Waals surface area contributed by atoms with E-state index in [0.29, 0.717) is 18.4 Å². The Morgan fingerprint density at radius 3 is 2.89 bits per heavy atom. The number of amides is 1. The fourth-order valence-electron chi connectivity index (χ4n) is 4.26. The molecule has 2 aromatic heterocycles. The largest absolute Gasteiger partial charge is 0.342 e. The molecule has 4 rings (SSSR count). The molecule has 1 aliphatic heterocycles.